The molecule has 2 aliphatic rings. The summed E-state index contributed by atoms with van der Waals surface area (Å²) in [6, 6.07) is 69.2. The molecule has 0 aliphatic carbocycles. The SMILES string of the molecule is c1ccc(N2c3ccccc3B3c4ccc(-c5ccc(-c6ccc7sc8ccccc8c7c6)cc5)cc4N(c4ccccc4)c4cccc2c43)cc1. The van der Waals surface area contributed by atoms with Crippen molar-refractivity contribution in [3.63, 3.8) is 0 Å². The molecule has 1 aromatic heterocycles. The normalized spacial score (nSPS) is 12.9. The molecule has 8 aromatic carbocycles. The number of nitrogens with zero attached hydrogens (tertiary/aromatic N) is 2. The molecule has 11 rings (SSSR count). The third-order valence-corrected chi connectivity index (χ3v) is 12.0. The molecule has 0 radical (unpaired) electrons. The molecule has 0 fully saturated rings. The summed E-state index contributed by atoms with van der Waals surface area (Å²) in [5.74, 6) is 0. The third-order valence-electron chi connectivity index (χ3n) is 10.9. The van der Waals surface area contributed by atoms with Crippen LogP contribution in [0.4, 0.5) is 34.1 Å². The van der Waals surface area contributed by atoms with E-state index < -0.39 is 0 Å². The van der Waals surface area contributed by atoms with Gasteiger partial charge in [0.05, 0.1) is 0 Å². The molecule has 0 amide bonds. The van der Waals surface area contributed by atoms with E-state index in [1.165, 1.54) is 87.3 Å². The number of hydrogen-bond acceptors (Lipinski definition) is 3. The summed E-state index contributed by atoms with van der Waals surface area (Å²) < 4.78 is 2.67. The van der Waals surface area contributed by atoms with Crippen molar-refractivity contribution < 1.29 is 0 Å². The summed E-state index contributed by atoms with van der Waals surface area (Å²) in [6.45, 7) is 0.108. The molecule has 0 saturated heterocycles. The lowest BCUT2D eigenvalue weighted by atomic mass is 9.33. The predicted octanol–water partition coefficient (Wildman–Crippen LogP) is 11.5. The van der Waals surface area contributed by atoms with Crippen LogP contribution < -0.4 is 26.2 Å². The Hall–Kier alpha value is -6.36. The summed E-state index contributed by atoms with van der Waals surface area (Å²) in [7, 11) is 0. The number of rotatable bonds is 4. The minimum atomic E-state index is 0.108. The summed E-state index contributed by atoms with van der Waals surface area (Å²) >= 11 is 1.87. The molecule has 0 spiro atoms. The van der Waals surface area contributed by atoms with Gasteiger partial charge in [0.1, 0.15) is 0 Å². The van der Waals surface area contributed by atoms with Crippen LogP contribution in [-0.4, -0.2) is 6.71 Å². The van der Waals surface area contributed by atoms with Gasteiger partial charge < -0.3 is 9.80 Å². The Morgan fingerprint density at radius 1 is 0.346 bits per heavy atom. The van der Waals surface area contributed by atoms with Crippen LogP contribution in [0.15, 0.2) is 188 Å². The molecule has 0 atom stereocenters. The van der Waals surface area contributed by atoms with Crippen molar-refractivity contribution in [2.45, 2.75) is 0 Å². The number of anilines is 6. The molecule has 0 unspecified atom stereocenters. The monoisotopic (exact) mass is 678 g/mol. The van der Waals surface area contributed by atoms with Gasteiger partial charge in [-0.1, -0.05) is 121 Å². The first-order chi connectivity index (χ1) is 25.8. The first-order valence-corrected chi connectivity index (χ1v) is 18.7. The highest BCUT2D eigenvalue weighted by molar-refractivity contribution is 7.25. The van der Waals surface area contributed by atoms with Crippen LogP contribution >= 0.6 is 11.3 Å². The van der Waals surface area contributed by atoms with Crippen LogP contribution in [0.1, 0.15) is 0 Å². The van der Waals surface area contributed by atoms with E-state index >= 15 is 0 Å². The third kappa shape index (κ3) is 4.44. The maximum atomic E-state index is 2.47. The largest absolute Gasteiger partial charge is 0.311 e. The first-order valence-electron chi connectivity index (χ1n) is 17.9. The van der Waals surface area contributed by atoms with Gasteiger partial charge in [-0.15, -0.1) is 11.3 Å². The van der Waals surface area contributed by atoms with Gasteiger partial charge in [0.2, 0.25) is 0 Å². The standard InChI is InChI=1S/C48H31BN2S/c1-3-12-36(13-4-1)50-42-18-9-8-17-40(42)49-41-28-26-35(31-45(41)51(37-14-5-2-6-15-37)44-20-11-19-43(50)48(44)49)33-24-22-32(23-25-33)34-27-29-47-39(30-34)38-16-7-10-21-46(38)52-47/h1-31H. The van der Waals surface area contributed by atoms with E-state index in [1.54, 1.807) is 0 Å². The van der Waals surface area contributed by atoms with Crippen molar-refractivity contribution in [2.24, 2.45) is 0 Å². The highest BCUT2D eigenvalue weighted by atomic mass is 32.1. The summed E-state index contributed by atoms with van der Waals surface area (Å²) in [4.78, 5) is 4.91. The molecular formula is C48H31BN2S. The van der Waals surface area contributed by atoms with E-state index in [0.717, 1.165) is 5.69 Å². The number of fused-ring (bicyclic) bond motifs is 7. The van der Waals surface area contributed by atoms with Crippen molar-refractivity contribution in [1.29, 1.82) is 0 Å². The van der Waals surface area contributed by atoms with E-state index in [4.69, 9.17) is 0 Å². The zero-order valence-corrected chi connectivity index (χ0v) is 29.1. The predicted molar refractivity (Wildman–Crippen MR) is 224 cm³/mol. The molecule has 2 nitrogen and oxygen atoms in total. The average molecular weight is 679 g/mol. The highest BCUT2D eigenvalue weighted by Gasteiger charge is 2.42. The highest BCUT2D eigenvalue weighted by Crippen LogP contribution is 2.44. The number of benzene rings is 8. The van der Waals surface area contributed by atoms with Gasteiger partial charge in [0.25, 0.3) is 6.71 Å². The molecular weight excluding hydrogens is 647 g/mol. The van der Waals surface area contributed by atoms with E-state index in [1.807, 2.05) is 11.3 Å². The fraction of sp³-hybridized carbons (Fsp3) is 0. The van der Waals surface area contributed by atoms with Crippen LogP contribution in [0, 0.1) is 0 Å². The molecule has 4 heteroatoms. The maximum Gasteiger partial charge on any atom is 0.252 e. The molecule has 3 heterocycles. The van der Waals surface area contributed by atoms with E-state index in [9.17, 15) is 0 Å². The van der Waals surface area contributed by atoms with Crippen LogP contribution in [0.3, 0.4) is 0 Å². The second-order valence-electron chi connectivity index (χ2n) is 13.7. The molecule has 0 saturated carbocycles. The van der Waals surface area contributed by atoms with Gasteiger partial charge in [0.15, 0.2) is 0 Å². The zero-order chi connectivity index (χ0) is 34.2. The number of para-hydroxylation sites is 3. The fourth-order valence-corrected chi connectivity index (χ4v) is 9.62. The lowest BCUT2D eigenvalue weighted by Crippen LogP contribution is -2.61. The van der Waals surface area contributed by atoms with Crippen molar-refractivity contribution in [3.8, 4) is 22.3 Å². The molecule has 0 N–H and O–H groups in total. The maximum absolute atomic E-state index is 2.47. The number of hydrogen-bond donors (Lipinski definition) is 0. The quantitative estimate of drug-likeness (QED) is 0.171. The summed E-state index contributed by atoms with van der Waals surface area (Å²) in [5, 5.41) is 2.66. The van der Waals surface area contributed by atoms with Gasteiger partial charge in [-0.2, -0.15) is 0 Å². The lowest BCUT2D eigenvalue weighted by molar-refractivity contribution is 1.25. The minimum Gasteiger partial charge on any atom is -0.311 e. The number of thiophene rings is 1. The van der Waals surface area contributed by atoms with Crippen molar-refractivity contribution in [3.05, 3.63) is 188 Å². The second kappa shape index (κ2) is 11.6. The summed E-state index contributed by atoms with van der Waals surface area (Å²) in [6.07, 6.45) is 0. The Morgan fingerprint density at radius 2 is 0.865 bits per heavy atom. The molecule has 9 aromatic rings. The average Bonchev–Trinajstić information content (AvgIpc) is 3.59. The van der Waals surface area contributed by atoms with Gasteiger partial charge in [0, 0.05) is 54.3 Å². The molecule has 242 valence electrons. The van der Waals surface area contributed by atoms with Gasteiger partial charge in [-0.3, -0.25) is 0 Å². The second-order valence-corrected chi connectivity index (χ2v) is 14.8. The van der Waals surface area contributed by atoms with Crippen LogP contribution in [0.2, 0.25) is 0 Å². The van der Waals surface area contributed by atoms with Crippen LogP contribution in [-0.2, 0) is 0 Å². The minimum absolute atomic E-state index is 0.108. The van der Waals surface area contributed by atoms with Gasteiger partial charge in [-0.05, 0) is 105 Å². The van der Waals surface area contributed by atoms with Gasteiger partial charge in [-0.25, -0.2) is 0 Å². The Bertz CT molecular complexity index is 2810. The first kappa shape index (κ1) is 29.4. The molecule has 2 aliphatic heterocycles. The molecule has 0 bridgehead atoms. The van der Waals surface area contributed by atoms with E-state index in [2.05, 4.69) is 198 Å². The Morgan fingerprint density at radius 3 is 1.60 bits per heavy atom. The molecule has 52 heavy (non-hydrogen) atoms. The van der Waals surface area contributed by atoms with Crippen molar-refractivity contribution in [2.75, 3.05) is 9.80 Å². The van der Waals surface area contributed by atoms with Crippen LogP contribution in [0.25, 0.3) is 42.4 Å². The van der Waals surface area contributed by atoms with E-state index in [0.29, 0.717) is 0 Å². The zero-order valence-electron chi connectivity index (χ0n) is 28.3. The Labute approximate surface area is 307 Å². The topological polar surface area (TPSA) is 6.48 Å². The van der Waals surface area contributed by atoms with Crippen LogP contribution in [0.5, 0.6) is 0 Å². The Balaban J connectivity index is 1.05. The lowest BCUT2D eigenvalue weighted by Gasteiger charge is -2.44. The van der Waals surface area contributed by atoms with E-state index in [-0.39, 0.29) is 6.71 Å². The fourth-order valence-electron chi connectivity index (χ4n) is 8.53. The van der Waals surface area contributed by atoms with Crippen molar-refractivity contribution >= 4 is 88.7 Å². The van der Waals surface area contributed by atoms with Crippen molar-refractivity contribution in [1.82, 2.24) is 0 Å². The Kier molecular flexibility index (Phi) is 6.55. The smallest absolute Gasteiger partial charge is 0.252 e. The van der Waals surface area contributed by atoms with Gasteiger partial charge >= 0.3 is 0 Å². The summed E-state index contributed by atoms with van der Waals surface area (Å²) in [5.41, 5.74) is 16.1.